The van der Waals surface area contributed by atoms with Crippen molar-refractivity contribution in [2.45, 2.75) is 6.92 Å². The largest absolute Gasteiger partial charge is 0.435 e. The SMILES string of the molecule is CCOCOC(=O)c1[c]cccc1. The molecule has 69 valence electrons. The topological polar surface area (TPSA) is 35.5 Å². The van der Waals surface area contributed by atoms with Gasteiger partial charge in [-0.3, -0.25) is 0 Å². The van der Waals surface area contributed by atoms with E-state index in [-0.39, 0.29) is 6.79 Å². The van der Waals surface area contributed by atoms with Gasteiger partial charge in [-0.25, -0.2) is 4.79 Å². The molecular formula is C10H11O3. The van der Waals surface area contributed by atoms with Gasteiger partial charge in [-0.15, -0.1) is 0 Å². The van der Waals surface area contributed by atoms with Crippen molar-refractivity contribution in [1.29, 1.82) is 0 Å². The first-order valence-corrected chi connectivity index (χ1v) is 4.06. The third-order valence-electron chi connectivity index (χ3n) is 1.41. The van der Waals surface area contributed by atoms with Crippen molar-refractivity contribution in [2.24, 2.45) is 0 Å². The predicted molar refractivity (Wildman–Crippen MR) is 47.2 cm³/mol. The Balaban J connectivity index is 2.40. The van der Waals surface area contributed by atoms with E-state index in [0.717, 1.165) is 0 Å². The number of carbonyl (C=O) groups excluding carboxylic acids is 1. The van der Waals surface area contributed by atoms with E-state index >= 15 is 0 Å². The number of esters is 1. The van der Waals surface area contributed by atoms with Crippen LogP contribution in [0.3, 0.4) is 0 Å². The molecule has 0 aromatic heterocycles. The van der Waals surface area contributed by atoms with Gasteiger partial charge >= 0.3 is 5.97 Å². The van der Waals surface area contributed by atoms with Crippen LogP contribution in [0.2, 0.25) is 0 Å². The zero-order valence-corrected chi connectivity index (χ0v) is 7.45. The monoisotopic (exact) mass is 179 g/mol. The van der Waals surface area contributed by atoms with Gasteiger partial charge in [-0.1, -0.05) is 18.2 Å². The summed E-state index contributed by atoms with van der Waals surface area (Å²) in [7, 11) is 0. The van der Waals surface area contributed by atoms with Gasteiger partial charge in [0.15, 0.2) is 6.79 Å². The summed E-state index contributed by atoms with van der Waals surface area (Å²) in [5, 5.41) is 0. The van der Waals surface area contributed by atoms with Crippen molar-refractivity contribution in [3.8, 4) is 0 Å². The van der Waals surface area contributed by atoms with Gasteiger partial charge in [0.05, 0.1) is 5.56 Å². The van der Waals surface area contributed by atoms with E-state index in [4.69, 9.17) is 9.47 Å². The van der Waals surface area contributed by atoms with Crippen molar-refractivity contribution in [3.63, 3.8) is 0 Å². The minimum absolute atomic E-state index is 0.00192. The van der Waals surface area contributed by atoms with Crippen molar-refractivity contribution in [1.82, 2.24) is 0 Å². The van der Waals surface area contributed by atoms with Crippen molar-refractivity contribution in [2.75, 3.05) is 13.4 Å². The molecule has 0 heterocycles. The molecule has 0 bridgehead atoms. The number of hydrogen-bond donors (Lipinski definition) is 0. The van der Waals surface area contributed by atoms with Crippen LogP contribution in [0.15, 0.2) is 24.3 Å². The van der Waals surface area contributed by atoms with Crippen LogP contribution < -0.4 is 0 Å². The smallest absolute Gasteiger partial charge is 0.340 e. The summed E-state index contributed by atoms with van der Waals surface area (Å²) < 4.78 is 9.64. The second kappa shape index (κ2) is 5.32. The fourth-order valence-corrected chi connectivity index (χ4v) is 0.777. The van der Waals surface area contributed by atoms with Gasteiger partial charge in [-0.2, -0.15) is 0 Å². The van der Waals surface area contributed by atoms with Crippen LogP contribution in [0, 0.1) is 6.07 Å². The molecule has 3 nitrogen and oxygen atoms in total. The average Bonchev–Trinajstić information content (AvgIpc) is 2.19. The zero-order valence-electron chi connectivity index (χ0n) is 7.45. The Bertz CT molecular complexity index is 256. The van der Waals surface area contributed by atoms with Crippen LogP contribution >= 0.6 is 0 Å². The maximum absolute atomic E-state index is 11.2. The average molecular weight is 179 g/mol. The summed E-state index contributed by atoms with van der Waals surface area (Å²) in [6.45, 7) is 2.37. The molecule has 0 N–H and O–H groups in total. The van der Waals surface area contributed by atoms with Gasteiger partial charge in [0.2, 0.25) is 0 Å². The molecule has 0 aliphatic carbocycles. The van der Waals surface area contributed by atoms with E-state index in [1.165, 1.54) is 0 Å². The highest BCUT2D eigenvalue weighted by Gasteiger charge is 2.04. The number of carbonyl (C=O) groups is 1. The Morgan fingerprint density at radius 3 is 3.00 bits per heavy atom. The Kier molecular flexibility index (Phi) is 3.99. The van der Waals surface area contributed by atoms with Crippen LogP contribution in [0.25, 0.3) is 0 Å². The Morgan fingerprint density at radius 1 is 1.54 bits per heavy atom. The minimum Gasteiger partial charge on any atom is -0.435 e. The van der Waals surface area contributed by atoms with E-state index in [9.17, 15) is 4.79 Å². The quantitative estimate of drug-likeness (QED) is 0.400. The summed E-state index contributed by atoms with van der Waals surface area (Å²) >= 11 is 0. The standard InChI is InChI=1S/C10H11O3/c1-2-12-8-13-10(11)9-6-4-3-5-7-9/h3-6H,2,8H2,1H3. The first kappa shape index (κ1) is 9.74. The molecule has 13 heavy (non-hydrogen) atoms. The molecule has 1 radical (unpaired) electrons. The number of ether oxygens (including phenoxy) is 2. The summed E-state index contributed by atoms with van der Waals surface area (Å²) in [6.07, 6.45) is 0. The minimum atomic E-state index is -0.408. The molecule has 0 saturated heterocycles. The van der Waals surface area contributed by atoms with Crippen molar-refractivity contribution in [3.05, 3.63) is 35.9 Å². The highest BCUT2D eigenvalue weighted by Crippen LogP contribution is 1.99. The highest BCUT2D eigenvalue weighted by molar-refractivity contribution is 5.88. The van der Waals surface area contributed by atoms with E-state index in [1.807, 2.05) is 6.92 Å². The third kappa shape index (κ3) is 3.25. The maximum atomic E-state index is 11.2. The van der Waals surface area contributed by atoms with Crippen molar-refractivity contribution < 1.29 is 14.3 Å². The van der Waals surface area contributed by atoms with E-state index in [1.54, 1.807) is 24.3 Å². The molecule has 1 aromatic rings. The normalized spacial score (nSPS) is 9.62. The van der Waals surface area contributed by atoms with Crippen LogP contribution in [0.5, 0.6) is 0 Å². The van der Waals surface area contributed by atoms with E-state index < -0.39 is 5.97 Å². The second-order valence-electron chi connectivity index (χ2n) is 2.32. The van der Waals surface area contributed by atoms with Gasteiger partial charge in [0, 0.05) is 6.61 Å². The zero-order chi connectivity index (χ0) is 9.52. The molecule has 0 amide bonds. The van der Waals surface area contributed by atoms with Crippen LogP contribution in [0.1, 0.15) is 17.3 Å². The third-order valence-corrected chi connectivity index (χ3v) is 1.41. The lowest BCUT2D eigenvalue weighted by Gasteiger charge is -2.03. The van der Waals surface area contributed by atoms with E-state index in [2.05, 4.69) is 6.07 Å². The predicted octanol–water partition coefficient (Wildman–Crippen LogP) is 1.64. The summed E-state index contributed by atoms with van der Waals surface area (Å²) in [5.74, 6) is -0.408. The second-order valence-corrected chi connectivity index (χ2v) is 2.32. The first-order chi connectivity index (χ1) is 6.34. The number of benzene rings is 1. The fourth-order valence-electron chi connectivity index (χ4n) is 0.777. The van der Waals surface area contributed by atoms with Gasteiger partial charge in [-0.05, 0) is 19.1 Å². The Labute approximate surface area is 77.3 Å². The molecule has 0 atom stereocenters. The summed E-state index contributed by atoms with van der Waals surface area (Å²) in [4.78, 5) is 11.2. The van der Waals surface area contributed by atoms with Crippen LogP contribution in [-0.4, -0.2) is 19.4 Å². The molecule has 3 heteroatoms. The van der Waals surface area contributed by atoms with Gasteiger partial charge < -0.3 is 9.47 Å². The molecule has 1 rings (SSSR count). The number of hydrogen-bond acceptors (Lipinski definition) is 3. The van der Waals surface area contributed by atoms with Gasteiger partial charge in [0.25, 0.3) is 0 Å². The fraction of sp³-hybridized carbons (Fsp3) is 0.300. The summed E-state index contributed by atoms with van der Waals surface area (Å²) in [6, 6.07) is 9.62. The van der Waals surface area contributed by atoms with Crippen molar-refractivity contribution >= 4 is 5.97 Å². The Hall–Kier alpha value is -1.35. The molecular weight excluding hydrogens is 168 g/mol. The lowest BCUT2D eigenvalue weighted by molar-refractivity contribution is -0.0274. The molecule has 0 aliphatic heterocycles. The molecule has 1 aromatic carbocycles. The highest BCUT2D eigenvalue weighted by atomic mass is 16.7. The summed E-state index contributed by atoms with van der Waals surface area (Å²) in [5.41, 5.74) is 0.419. The maximum Gasteiger partial charge on any atom is 0.340 e. The molecule has 0 spiro atoms. The Morgan fingerprint density at radius 2 is 2.38 bits per heavy atom. The molecule has 0 aliphatic rings. The van der Waals surface area contributed by atoms with Crippen LogP contribution in [0.4, 0.5) is 0 Å². The molecule has 0 unspecified atom stereocenters. The van der Waals surface area contributed by atoms with E-state index in [0.29, 0.717) is 12.2 Å². The lowest BCUT2D eigenvalue weighted by atomic mass is 10.2. The molecule has 0 fully saturated rings. The van der Waals surface area contributed by atoms with Crippen LogP contribution in [-0.2, 0) is 9.47 Å². The number of rotatable bonds is 4. The lowest BCUT2D eigenvalue weighted by Crippen LogP contribution is -2.08. The molecule has 0 saturated carbocycles. The first-order valence-electron chi connectivity index (χ1n) is 4.06. The van der Waals surface area contributed by atoms with Gasteiger partial charge in [0.1, 0.15) is 0 Å².